The Morgan fingerprint density at radius 2 is 2.08 bits per heavy atom. The van der Waals surface area contributed by atoms with E-state index >= 15 is 0 Å². The second kappa shape index (κ2) is 6.48. The fourth-order valence-corrected chi connectivity index (χ4v) is 3.44. The number of benzene rings is 2. The summed E-state index contributed by atoms with van der Waals surface area (Å²) in [5.74, 6) is -0.468. The number of piperidine rings is 1. The predicted octanol–water partition coefficient (Wildman–Crippen LogP) is 4.99. The molecule has 1 aliphatic rings. The van der Waals surface area contributed by atoms with E-state index in [-0.39, 0.29) is 22.5 Å². The molecule has 0 spiro atoms. The third-order valence-electron chi connectivity index (χ3n) is 4.52. The van der Waals surface area contributed by atoms with Crippen molar-refractivity contribution in [2.45, 2.75) is 25.3 Å². The molecule has 1 saturated heterocycles. The monoisotopic (exact) mass is 358 g/mol. The topological polar surface area (TPSA) is 46.3 Å². The van der Waals surface area contributed by atoms with E-state index in [1.807, 2.05) is 24.3 Å². The first kappa shape index (κ1) is 16.1. The minimum Gasteiger partial charge on any atom is -0.438 e. The molecule has 4 rings (SSSR count). The average Bonchev–Trinajstić information content (AvgIpc) is 3.05. The van der Waals surface area contributed by atoms with Crippen LogP contribution in [-0.4, -0.2) is 22.3 Å². The highest BCUT2D eigenvalue weighted by atomic mass is 35.5. The third kappa shape index (κ3) is 3.00. The molecule has 128 valence electrons. The van der Waals surface area contributed by atoms with Crippen molar-refractivity contribution in [3.05, 3.63) is 64.8 Å². The van der Waals surface area contributed by atoms with E-state index in [9.17, 15) is 9.18 Å². The number of carbonyl (C=O) groups excluding carboxylic acids is 1. The van der Waals surface area contributed by atoms with Crippen LogP contribution in [0.15, 0.2) is 46.9 Å². The van der Waals surface area contributed by atoms with Gasteiger partial charge in [-0.3, -0.25) is 4.79 Å². The summed E-state index contributed by atoms with van der Waals surface area (Å²) in [6, 6.07) is 11.3. The standard InChI is InChI=1S/C19H16ClFN2O2/c20-12-8-9-13(14(21)11-12)19(24)23-10-4-3-6-16(23)18-22-15-5-1-2-7-17(15)25-18/h1-2,5,7-9,11,16H,3-4,6,10H2. The van der Waals surface area contributed by atoms with E-state index in [1.165, 1.54) is 12.1 Å². The number of amides is 1. The van der Waals surface area contributed by atoms with E-state index in [0.717, 1.165) is 30.8 Å². The number of hydrogen-bond acceptors (Lipinski definition) is 3. The van der Waals surface area contributed by atoms with Crippen LogP contribution >= 0.6 is 11.6 Å². The first-order valence-corrected chi connectivity index (χ1v) is 8.63. The van der Waals surface area contributed by atoms with Crippen LogP contribution in [0.4, 0.5) is 4.39 Å². The molecule has 2 aromatic carbocycles. The zero-order valence-corrected chi connectivity index (χ0v) is 14.2. The van der Waals surface area contributed by atoms with Crippen molar-refractivity contribution in [3.8, 4) is 0 Å². The molecule has 1 amide bonds. The van der Waals surface area contributed by atoms with Crippen LogP contribution in [0.3, 0.4) is 0 Å². The Bertz CT molecular complexity index is 907. The number of rotatable bonds is 2. The normalized spacial score (nSPS) is 17.8. The lowest BCUT2D eigenvalue weighted by Gasteiger charge is -2.33. The molecule has 1 aliphatic heterocycles. The number of nitrogens with zero attached hydrogens (tertiary/aromatic N) is 2. The summed E-state index contributed by atoms with van der Waals surface area (Å²) in [5.41, 5.74) is 1.47. The highest BCUT2D eigenvalue weighted by molar-refractivity contribution is 6.30. The molecule has 0 saturated carbocycles. The molecule has 0 radical (unpaired) electrons. The van der Waals surface area contributed by atoms with Crippen LogP contribution in [0.5, 0.6) is 0 Å². The smallest absolute Gasteiger partial charge is 0.257 e. The minimum absolute atomic E-state index is 0.0208. The van der Waals surface area contributed by atoms with Gasteiger partial charge in [-0.25, -0.2) is 9.37 Å². The fourth-order valence-electron chi connectivity index (χ4n) is 3.28. The highest BCUT2D eigenvalue weighted by Gasteiger charge is 2.33. The molecular formula is C19H16ClFN2O2. The Morgan fingerprint density at radius 3 is 2.88 bits per heavy atom. The largest absolute Gasteiger partial charge is 0.438 e. The highest BCUT2D eigenvalue weighted by Crippen LogP contribution is 2.33. The summed E-state index contributed by atoms with van der Waals surface area (Å²) in [4.78, 5) is 19.1. The molecule has 1 aromatic heterocycles. The number of carbonyl (C=O) groups is 1. The molecule has 1 fully saturated rings. The number of likely N-dealkylation sites (tertiary alicyclic amines) is 1. The first-order chi connectivity index (χ1) is 12.1. The Balaban J connectivity index is 1.70. The summed E-state index contributed by atoms with van der Waals surface area (Å²) >= 11 is 5.79. The summed E-state index contributed by atoms with van der Waals surface area (Å²) < 4.78 is 20.0. The van der Waals surface area contributed by atoms with Gasteiger partial charge >= 0.3 is 0 Å². The van der Waals surface area contributed by atoms with Crippen LogP contribution in [0.25, 0.3) is 11.1 Å². The van der Waals surface area contributed by atoms with Crippen LogP contribution in [0, 0.1) is 5.82 Å². The van der Waals surface area contributed by atoms with Crippen LogP contribution in [-0.2, 0) is 0 Å². The van der Waals surface area contributed by atoms with Crippen molar-refractivity contribution >= 4 is 28.6 Å². The van der Waals surface area contributed by atoms with Gasteiger partial charge in [0.2, 0.25) is 5.89 Å². The number of fused-ring (bicyclic) bond motifs is 1. The first-order valence-electron chi connectivity index (χ1n) is 8.25. The number of hydrogen-bond donors (Lipinski definition) is 0. The lowest BCUT2D eigenvalue weighted by molar-refractivity contribution is 0.0569. The number of para-hydroxylation sites is 2. The number of aromatic nitrogens is 1. The SMILES string of the molecule is O=C(c1ccc(Cl)cc1F)N1CCCCC1c1nc2ccccc2o1. The molecule has 1 atom stereocenters. The van der Waals surface area contributed by atoms with Crippen molar-refractivity contribution in [3.63, 3.8) is 0 Å². The molecule has 2 heterocycles. The van der Waals surface area contributed by atoms with Gasteiger partial charge in [-0.1, -0.05) is 23.7 Å². The van der Waals surface area contributed by atoms with E-state index in [4.69, 9.17) is 16.0 Å². The van der Waals surface area contributed by atoms with Crippen molar-refractivity contribution < 1.29 is 13.6 Å². The van der Waals surface area contributed by atoms with Gasteiger partial charge in [-0.15, -0.1) is 0 Å². The Labute approximate surface area is 149 Å². The zero-order chi connectivity index (χ0) is 17.4. The zero-order valence-electron chi connectivity index (χ0n) is 13.4. The molecular weight excluding hydrogens is 343 g/mol. The summed E-state index contributed by atoms with van der Waals surface area (Å²) in [6.07, 6.45) is 2.59. The maximum atomic E-state index is 14.2. The van der Waals surface area contributed by atoms with E-state index in [0.29, 0.717) is 18.0 Å². The Hall–Kier alpha value is -2.40. The van der Waals surface area contributed by atoms with Crippen molar-refractivity contribution in [2.24, 2.45) is 0 Å². The van der Waals surface area contributed by atoms with Crippen molar-refractivity contribution in [1.82, 2.24) is 9.88 Å². The minimum atomic E-state index is -0.612. The molecule has 25 heavy (non-hydrogen) atoms. The average molecular weight is 359 g/mol. The Kier molecular flexibility index (Phi) is 4.17. The Morgan fingerprint density at radius 1 is 1.24 bits per heavy atom. The molecule has 0 bridgehead atoms. The van der Waals surface area contributed by atoms with Gasteiger partial charge in [0.15, 0.2) is 5.58 Å². The van der Waals surface area contributed by atoms with Gasteiger partial charge in [0.25, 0.3) is 5.91 Å². The van der Waals surface area contributed by atoms with Crippen molar-refractivity contribution in [2.75, 3.05) is 6.54 Å². The van der Waals surface area contributed by atoms with E-state index in [2.05, 4.69) is 4.98 Å². The molecule has 4 nitrogen and oxygen atoms in total. The predicted molar refractivity (Wildman–Crippen MR) is 93.0 cm³/mol. The van der Waals surface area contributed by atoms with Gasteiger partial charge in [0.05, 0.1) is 5.56 Å². The molecule has 0 aliphatic carbocycles. The summed E-state index contributed by atoms with van der Waals surface area (Å²) in [7, 11) is 0. The third-order valence-corrected chi connectivity index (χ3v) is 4.76. The van der Waals surface area contributed by atoms with E-state index < -0.39 is 5.82 Å². The van der Waals surface area contributed by atoms with Gasteiger partial charge in [0, 0.05) is 11.6 Å². The summed E-state index contributed by atoms with van der Waals surface area (Å²) in [5, 5.41) is 0.267. The van der Waals surface area contributed by atoms with Crippen LogP contribution in [0.2, 0.25) is 5.02 Å². The lowest BCUT2D eigenvalue weighted by atomic mass is 10.0. The van der Waals surface area contributed by atoms with Crippen molar-refractivity contribution in [1.29, 1.82) is 0 Å². The molecule has 6 heteroatoms. The fraction of sp³-hybridized carbons (Fsp3) is 0.263. The molecule has 0 N–H and O–H groups in total. The maximum Gasteiger partial charge on any atom is 0.257 e. The molecule has 3 aromatic rings. The van der Waals surface area contributed by atoms with Crippen LogP contribution in [0.1, 0.15) is 41.6 Å². The van der Waals surface area contributed by atoms with Crippen LogP contribution < -0.4 is 0 Å². The second-order valence-electron chi connectivity index (χ2n) is 6.15. The van der Waals surface area contributed by atoms with Gasteiger partial charge in [0.1, 0.15) is 17.4 Å². The summed E-state index contributed by atoms with van der Waals surface area (Å²) in [6.45, 7) is 0.546. The number of oxazole rings is 1. The maximum absolute atomic E-state index is 14.2. The lowest BCUT2D eigenvalue weighted by Crippen LogP contribution is -2.39. The van der Waals surface area contributed by atoms with Gasteiger partial charge < -0.3 is 9.32 Å². The quantitative estimate of drug-likeness (QED) is 0.648. The van der Waals surface area contributed by atoms with Gasteiger partial charge in [-0.2, -0.15) is 0 Å². The van der Waals surface area contributed by atoms with E-state index in [1.54, 1.807) is 4.90 Å². The number of halogens is 2. The second-order valence-corrected chi connectivity index (χ2v) is 6.59. The van der Waals surface area contributed by atoms with Gasteiger partial charge in [-0.05, 0) is 49.6 Å². The molecule has 1 unspecified atom stereocenters.